The molecule has 2 saturated heterocycles. The molecular weight excluding hydrogens is 290 g/mol. The topological polar surface area (TPSA) is 82.1 Å². The smallest absolute Gasteiger partial charge is 0.420 e. The number of ketones is 1. The summed E-state index contributed by atoms with van der Waals surface area (Å²) in [6.07, 6.45) is -0.0334. The van der Waals surface area contributed by atoms with Gasteiger partial charge < -0.3 is 14.2 Å². The second-order valence-corrected chi connectivity index (χ2v) is 5.09. The number of methoxy groups -OCH3 is 1. The molecule has 0 saturated carbocycles. The Morgan fingerprint density at radius 2 is 2.09 bits per heavy atom. The van der Waals surface area contributed by atoms with Gasteiger partial charge in [-0.1, -0.05) is 12.1 Å². The molecule has 2 amide bonds. The molecule has 0 N–H and O–H groups in total. The lowest BCUT2D eigenvalue weighted by molar-refractivity contribution is -0.199. The van der Waals surface area contributed by atoms with E-state index in [1.807, 2.05) is 0 Å². The van der Waals surface area contributed by atoms with Gasteiger partial charge in [-0.15, -0.1) is 0 Å². The molecule has 0 aliphatic carbocycles. The van der Waals surface area contributed by atoms with Gasteiger partial charge in [0.2, 0.25) is 5.78 Å². The molecule has 1 aromatic rings. The summed E-state index contributed by atoms with van der Waals surface area (Å²) >= 11 is 0. The Balaban J connectivity index is 1.88. The van der Waals surface area contributed by atoms with Crippen molar-refractivity contribution in [1.29, 1.82) is 0 Å². The van der Waals surface area contributed by atoms with Crippen molar-refractivity contribution in [2.75, 3.05) is 20.3 Å². The minimum absolute atomic E-state index is 0.224. The number of ether oxygens (including phenoxy) is 3. The first-order valence-corrected chi connectivity index (χ1v) is 6.92. The standard InChI is InChI=1S/C15H15NO6/c1-20-11-6-3-2-5-10(11)13(18)16-9-15(22-14(16)19)12(17)7-4-8-21-15/h2-3,5-6H,4,7-9H2,1H3/t15-/m0/s1. The lowest BCUT2D eigenvalue weighted by Crippen LogP contribution is -2.49. The SMILES string of the molecule is COc1ccccc1C(=O)N1C[C@]2(OCCCC2=O)OC1=O. The first-order valence-electron chi connectivity index (χ1n) is 6.92. The molecule has 2 heterocycles. The highest BCUT2D eigenvalue weighted by Gasteiger charge is 2.55. The summed E-state index contributed by atoms with van der Waals surface area (Å²) < 4.78 is 15.6. The number of carbonyl (C=O) groups is 3. The molecule has 7 nitrogen and oxygen atoms in total. The van der Waals surface area contributed by atoms with E-state index in [1.54, 1.807) is 24.3 Å². The molecule has 116 valence electrons. The van der Waals surface area contributed by atoms with Crippen LogP contribution < -0.4 is 4.74 Å². The Bertz CT molecular complexity index is 643. The highest BCUT2D eigenvalue weighted by molar-refractivity contribution is 6.07. The lowest BCUT2D eigenvalue weighted by atomic mass is 10.0. The zero-order valence-corrected chi connectivity index (χ0v) is 12.0. The van der Waals surface area contributed by atoms with Gasteiger partial charge in [0.05, 0.1) is 19.3 Å². The molecule has 2 fully saturated rings. The van der Waals surface area contributed by atoms with Crippen LogP contribution in [0.15, 0.2) is 24.3 Å². The van der Waals surface area contributed by atoms with Crippen LogP contribution in [-0.2, 0) is 14.3 Å². The second kappa shape index (κ2) is 5.42. The maximum absolute atomic E-state index is 12.5. The Morgan fingerprint density at radius 3 is 2.82 bits per heavy atom. The van der Waals surface area contributed by atoms with E-state index in [-0.39, 0.29) is 24.3 Å². The normalized spacial score (nSPS) is 24.5. The van der Waals surface area contributed by atoms with Crippen molar-refractivity contribution in [2.24, 2.45) is 0 Å². The van der Waals surface area contributed by atoms with E-state index >= 15 is 0 Å². The fourth-order valence-electron chi connectivity index (χ4n) is 2.58. The third kappa shape index (κ3) is 2.23. The van der Waals surface area contributed by atoms with Gasteiger partial charge in [-0.25, -0.2) is 9.69 Å². The molecule has 7 heteroatoms. The van der Waals surface area contributed by atoms with E-state index < -0.39 is 17.8 Å². The Kier molecular flexibility index (Phi) is 3.58. The summed E-state index contributed by atoms with van der Waals surface area (Å²) in [6.45, 7) is 0.0806. The average Bonchev–Trinajstić information content (AvgIpc) is 2.87. The van der Waals surface area contributed by atoms with Gasteiger partial charge in [0.1, 0.15) is 12.3 Å². The highest BCUT2D eigenvalue weighted by Crippen LogP contribution is 2.32. The lowest BCUT2D eigenvalue weighted by Gasteiger charge is -2.28. The van der Waals surface area contributed by atoms with E-state index in [1.165, 1.54) is 7.11 Å². The van der Waals surface area contributed by atoms with Crippen molar-refractivity contribution >= 4 is 17.8 Å². The minimum Gasteiger partial charge on any atom is -0.496 e. The van der Waals surface area contributed by atoms with Crippen LogP contribution in [0.2, 0.25) is 0 Å². The number of hydrogen-bond donors (Lipinski definition) is 0. The van der Waals surface area contributed by atoms with Gasteiger partial charge in [0, 0.05) is 6.42 Å². The van der Waals surface area contributed by atoms with E-state index in [9.17, 15) is 14.4 Å². The molecule has 0 unspecified atom stereocenters. The number of imide groups is 1. The molecule has 1 aromatic carbocycles. The molecule has 0 bridgehead atoms. The van der Waals surface area contributed by atoms with Crippen LogP contribution in [0.1, 0.15) is 23.2 Å². The van der Waals surface area contributed by atoms with Gasteiger partial charge in [-0.05, 0) is 18.6 Å². The fraction of sp³-hybridized carbons (Fsp3) is 0.400. The third-order valence-electron chi connectivity index (χ3n) is 3.73. The number of carbonyl (C=O) groups excluding carboxylic acids is 3. The van der Waals surface area contributed by atoms with Crippen molar-refractivity contribution in [3.63, 3.8) is 0 Å². The number of Topliss-reactive ketones (excluding diaryl/α,β-unsaturated/α-hetero) is 1. The molecule has 1 atom stereocenters. The van der Waals surface area contributed by atoms with Crippen molar-refractivity contribution in [1.82, 2.24) is 4.90 Å². The summed E-state index contributed by atoms with van der Waals surface area (Å²) in [7, 11) is 1.43. The molecule has 0 radical (unpaired) electrons. The quantitative estimate of drug-likeness (QED) is 0.820. The first kappa shape index (κ1) is 14.5. The molecule has 2 aliphatic heterocycles. The monoisotopic (exact) mass is 305 g/mol. The number of rotatable bonds is 2. The third-order valence-corrected chi connectivity index (χ3v) is 3.73. The Labute approximate surface area is 126 Å². The number of para-hydroxylation sites is 1. The van der Waals surface area contributed by atoms with Crippen LogP contribution in [-0.4, -0.2) is 48.7 Å². The zero-order chi connectivity index (χ0) is 15.7. The molecule has 22 heavy (non-hydrogen) atoms. The van der Waals surface area contributed by atoms with E-state index in [2.05, 4.69) is 0 Å². The Hall–Kier alpha value is -2.41. The Morgan fingerprint density at radius 1 is 1.32 bits per heavy atom. The molecule has 0 aromatic heterocycles. The second-order valence-electron chi connectivity index (χ2n) is 5.09. The minimum atomic E-state index is -1.65. The van der Waals surface area contributed by atoms with E-state index in [4.69, 9.17) is 14.2 Å². The van der Waals surface area contributed by atoms with Gasteiger partial charge >= 0.3 is 6.09 Å². The number of nitrogens with zero attached hydrogens (tertiary/aromatic N) is 1. The van der Waals surface area contributed by atoms with E-state index in [0.717, 1.165) is 4.90 Å². The molecule has 3 rings (SSSR count). The predicted molar refractivity (Wildman–Crippen MR) is 73.4 cm³/mol. The van der Waals surface area contributed by atoms with Crippen molar-refractivity contribution in [3.8, 4) is 5.75 Å². The maximum Gasteiger partial charge on any atom is 0.420 e. The summed E-state index contributed by atoms with van der Waals surface area (Å²) in [5.74, 6) is -2.20. The molecule has 2 aliphatic rings. The number of hydrogen-bond acceptors (Lipinski definition) is 6. The number of amides is 2. The van der Waals surface area contributed by atoms with Crippen LogP contribution >= 0.6 is 0 Å². The van der Waals surface area contributed by atoms with Crippen LogP contribution in [0.3, 0.4) is 0 Å². The van der Waals surface area contributed by atoms with Crippen LogP contribution in [0, 0.1) is 0 Å². The van der Waals surface area contributed by atoms with Gasteiger partial charge in [0.15, 0.2) is 0 Å². The summed E-state index contributed by atoms with van der Waals surface area (Å²) in [4.78, 5) is 37.5. The van der Waals surface area contributed by atoms with Gasteiger partial charge in [-0.3, -0.25) is 9.59 Å². The van der Waals surface area contributed by atoms with E-state index in [0.29, 0.717) is 18.8 Å². The fourth-order valence-corrected chi connectivity index (χ4v) is 2.58. The summed E-state index contributed by atoms with van der Waals surface area (Å²) in [5.41, 5.74) is 0.224. The summed E-state index contributed by atoms with van der Waals surface area (Å²) in [6, 6.07) is 6.54. The van der Waals surface area contributed by atoms with Gasteiger partial charge in [0.25, 0.3) is 11.7 Å². The zero-order valence-electron chi connectivity index (χ0n) is 12.0. The van der Waals surface area contributed by atoms with Crippen LogP contribution in [0.5, 0.6) is 5.75 Å². The predicted octanol–water partition coefficient (Wildman–Crippen LogP) is 1.36. The van der Waals surface area contributed by atoms with Crippen molar-refractivity contribution in [2.45, 2.75) is 18.6 Å². The highest BCUT2D eigenvalue weighted by atomic mass is 16.7. The van der Waals surface area contributed by atoms with Crippen molar-refractivity contribution in [3.05, 3.63) is 29.8 Å². The molecular formula is C15H15NO6. The molecule has 1 spiro atoms. The summed E-state index contributed by atoms with van der Waals surface area (Å²) in [5, 5.41) is 0. The van der Waals surface area contributed by atoms with Crippen LogP contribution in [0.4, 0.5) is 4.79 Å². The average molecular weight is 305 g/mol. The van der Waals surface area contributed by atoms with Crippen LogP contribution in [0.25, 0.3) is 0 Å². The first-order chi connectivity index (χ1) is 10.6. The maximum atomic E-state index is 12.5. The largest absolute Gasteiger partial charge is 0.496 e. The number of benzene rings is 1. The van der Waals surface area contributed by atoms with Gasteiger partial charge in [-0.2, -0.15) is 0 Å². The van der Waals surface area contributed by atoms with Crippen molar-refractivity contribution < 1.29 is 28.6 Å².